The number of hydrogen-bond acceptors (Lipinski definition) is 5. The van der Waals surface area contributed by atoms with Gasteiger partial charge in [-0.2, -0.15) is 0 Å². The van der Waals surface area contributed by atoms with Crippen molar-refractivity contribution >= 4 is 16.9 Å². The van der Waals surface area contributed by atoms with Crippen molar-refractivity contribution in [2.45, 2.75) is 32.2 Å². The van der Waals surface area contributed by atoms with E-state index in [2.05, 4.69) is 9.88 Å². The number of para-hydroxylation sites is 2. The van der Waals surface area contributed by atoms with Crippen LogP contribution in [0.15, 0.2) is 24.3 Å². The molecule has 2 heterocycles. The molecule has 5 heteroatoms. The summed E-state index contributed by atoms with van der Waals surface area (Å²) in [6.45, 7) is 3.52. The summed E-state index contributed by atoms with van der Waals surface area (Å²) < 4.78 is 5.69. The number of benzene rings is 1. The maximum Gasteiger partial charge on any atom is 0.258 e. The Morgan fingerprint density at radius 3 is 2.71 bits per heavy atom. The quantitative estimate of drug-likeness (QED) is 0.935. The fourth-order valence-corrected chi connectivity index (χ4v) is 2.86. The van der Waals surface area contributed by atoms with E-state index < -0.39 is 0 Å². The lowest BCUT2D eigenvalue weighted by Crippen LogP contribution is -2.42. The Balaban J connectivity index is 2.07. The normalized spacial score (nSPS) is 19.0. The van der Waals surface area contributed by atoms with Crippen molar-refractivity contribution in [1.29, 1.82) is 0 Å². The molecule has 5 nitrogen and oxygen atoms in total. The van der Waals surface area contributed by atoms with Crippen molar-refractivity contribution in [3.8, 4) is 5.88 Å². The second kappa shape index (κ2) is 6.26. The third-order valence-corrected chi connectivity index (χ3v) is 3.91. The molecule has 1 fully saturated rings. The number of aromatic nitrogens is 2. The second-order valence-corrected chi connectivity index (χ2v) is 5.30. The van der Waals surface area contributed by atoms with E-state index in [1.54, 1.807) is 0 Å². The monoisotopic (exact) mass is 287 g/mol. The first-order chi connectivity index (χ1) is 10.3. The number of aliphatic hydroxyl groups is 1. The van der Waals surface area contributed by atoms with Gasteiger partial charge in [-0.3, -0.25) is 0 Å². The largest absolute Gasteiger partial charge is 0.475 e. The van der Waals surface area contributed by atoms with E-state index >= 15 is 0 Å². The lowest BCUT2D eigenvalue weighted by Gasteiger charge is -2.36. The van der Waals surface area contributed by atoms with Crippen molar-refractivity contribution in [2.75, 3.05) is 24.7 Å². The van der Waals surface area contributed by atoms with Gasteiger partial charge in [0.2, 0.25) is 0 Å². The van der Waals surface area contributed by atoms with Crippen LogP contribution in [0.3, 0.4) is 0 Å². The van der Waals surface area contributed by atoms with Gasteiger partial charge in [0.05, 0.1) is 30.3 Å². The number of hydrogen-bond donors (Lipinski definition) is 1. The Morgan fingerprint density at radius 1 is 1.24 bits per heavy atom. The molecule has 0 spiro atoms. The van der Waals surface area contributed by atoms with Crippen molar-refractivity contribution in [3.63, 3.8) is 0 Å². The molecule has 0 unspecified atom stereocenters. The van der Waals surface area contributed by atoms with E-state index in [0.29, 0.717) is 12.5 Å². The third-order valence-electron chi connectivity index (χ3n) is 3.91. The number of fused-ring (bicyclic) bond motifs is 1. The number of rotatable bonds is 4. The first-order valence-corrected chi connectivity index (χ1v) is 7.60. The van der Waals surface area contributed by atoms with Crippen LogP contribution in [0, 0.1) is 0 Å². The summed E-state index contributed by atoms with van der Waals surface area (Å²) in [5, 5.41) is 9.63. The molecule has 0 saturated carbocycles. The van der Waals surface area contributed by atoms with E-state index in [0.717, 1.165) is 42.7 Å². The topological polar surface area (TPSA) is 58.5 Å². The zero-order valence-electron chi connectivity index (χ0n) is 12.3. The van der Waals surface area contributed by atoms with Crippen molar-refractivity contribution in [1.82, 2.24) is 9.97 Å². The summed E-state index contributed by atoms with van der Waals surface area (Å²) in [7, 11) is 0. The highest BCUT2D eigenvalue weighted by molar-refractivity contribution is 5.77. The second-order valence-electron chi connectivity index (χ2n) is 5.30. The Labute approximate surface area is 124 Å². The van der Waals surface area contributed by atoms with Crippen molar-refractivity contribution < 1.29 is 9.84 Å². The minimum Gasteiger partial charge on any atom is -0.475 e. The summed E-state index contributed by atoms with van der Waals surface area (Å²) in [5.74, 6) is 1.32. The minimum atomic E-state index is 0.105. The zero-order chi connectivity index (χ0) is 14.7. The van der Waals surface area contributed by atoms with Gasteiger partial charge >= 0.3 is 0 Å². The molecule has 1 atom stereocenters. The number of ether oxygens (including phenoxy) is 1. The Hall–Kier alpha value is -1.88. The highest BCUT2D eigenvalue weighted by Crippen LogP contribution is 2.31. The number of anilines is 1. The SMILES string of the molecule is CCOc1nc2ccccc2nc1N1CCCC[C@H]1CO. The first-order valence-electron chi connectivity index (χ1n) is 7.60. The maximum atomic E-state index is 9.63. The molecule has 0 aliphatic carbocycles. The predicted octanol–water partition coefficient (Wildman–Crippen LogP) is 2.38. The molecule has 2 aromatic rings. The summed E-state index contributed by atoms with van der Waals surface area (Å²) in [6.07, 6.45) is 3.24. The van der Waals surface area contributed by atoms with Crippen LogP contribution in [0.1, 0.15) is 26.2 Å². The van der Waals surface area contributed by atoms with Crippen LogP contribution < -0.4 is 9.64 Å². The van der Waals surface area contributed by atoms with Gasteiger partial charge in [0.15, 0.2) is 5.82 Å². The summed E-state index contributed by atoms with van der Waals surface area (Å²) in [6, 6.07) is 7.91. The van der Waals surface area contributed by atoms with Crippen LogP contribution in [-0.4, -0.2) is 40.9 Å². The number of aliphatic hydroxyl groups excluding tert-OH is 1. The molecule has 0 amide bonds. The van der Waals surface area contributed by atoms with Crippen LogP contribution in [0.4, 0.5) is 5.82 Å². The maximum absolute atomic E-state index is 9.63. The molecule has 0 bridgehead atoms. The molecule has 1 aromatic heterocycles. The van der Waals surface area contributed by atoms with Gasteiger partial charge in [-0.1, -0.05) is 12.1 Å². The summed E-state index contributed by atoms with van der Waals surface area (Å²) in [4.78, 5) is 11.5. The lowest BCUT2D eigenvalue weighted by atomic mass is 10.0. The van der Waals surface area contributed by atoms with Gasteiger partial charge < -0.3 is 14.7 Å². The average Bonchev–Trinajstić information content (AvgIpc) is 2.54. The highest BCUT2D eigenvalue weighted by Gasteiger charge is 2.26. The van der Waals surface area contributed by atoms with E-state index in [-0.39, 0.29) is 12.6 Å². The zero-order valence-corrected chi connectivity index (χ0v) is 12.3. The standard InChI is InChI=1S/C16H21N3O2/c1-2-21-16-15(19-10-6-5-7-12(19)11-20)17-13-8-3-4-9-14(13)18-16/h3-4,8-9,12,20H,2,5-7,10-11H2,1H3/t12-/m0/s1. The van der Waals surface area contributed by atoms with Gasteiger partial charge in [-0.25, -0.2) is 9.97 Å². The van der Waals surface area contributed by atoms with Crippen molar-refractivity contribution in [3.05, 3.63) is 24.3 Å². The predicted molar refractivity (Wildman–Crippen MR) is 82.8 cm³/mol. The Morgan fingerprint density at radius 2 is 2.00 bits per heavy atom. The first kappa shape index (κ1) is 14.1. The minimum absolute atomic E-state index is 0.105. The van der Waals surface area contributed by atoms with Gasteiger partial charge in [0, 0.05) is 6.54 Å². The number of nitrogens with zero attached hydrogens (tertiary/aromatic N) is 3. The molecular formula is C16H21N3O2. The molecule has 3 rings (SSSR count). The molecule has 1 aliphatic rings. The molecule has 112 valence electrons. The van der Waals surface area contributed by atoms with Crippen LogP contribution in [0.2, 0.25) is 0 Å². The molecule has 21 heavy (non-hydrogen) atoms. The third kappa shape index (κ3) is 2.78. The summed E-state index contributed by atoms with van der Waals surface area (Å²) in [5.41, 5.74) is 1.69. The van der Waals surface area contributed by atoms with E-state index in [9.17, 15) is 5.11 Å². The Bertz CT molecular complexity index is 617. The van der Waals surface area contributed by atoms with Gasteiger partial charge in [0.1, 0.15) is 0 Å². The molecule has 0 radical (unpaired) electrons. The smallest absolute Gasteiger partial charge is 0.258 e. The van der Waals surface area contributed by atoms with E-state index in [4.69, 9.17) is 9.72 Å². The van der Waals surface area contributed by atoms with E-state index in [1.165, 1.54) is 0 Å². The fourth-order valence-electron chi connectivity index (χ4n) is 2.86. The molecule has 1 aromatic carbocycles. The average molecular weight is 287 g/mol. The molecule has 1 saturated heterocycles. The molecular weight excluding hydrogens is 266 g/mol. The number of piperidine rings is 1. The molecule has 1 aliphatic heterocycles. The fraction of sp³-hybridized carbons (Fsp3) is 0.500. The van der Waals surface area contributed by atoms with Crippen LogP contribution in [0.5, 0.6) is 5.88 Å². The van der Waals surface area contributed by atoms with Gasteiger partial charge in [0.25, 0.3) is 5.88 Å². The van der Waals surface area contributed by atoms with Gasteiger partial charge in [-0.05, 0) is 38.3 Å². The summed E-state index contributed by atoms with van der Waals surface area (Å²) >= 11 is 0. The van der Waals surface area contributed by atoms with Crippen molar-refractivity contribution in [2.24, 2.45) is 0 Å². The highest BCUT2D eigenvalue weighted by atomic mass is 16.5. The van der Waals surface area contributed by atoms with Crippen LogP contribution >= 0.6 is 0 Å². The molecule has 1 N–H and O–H groups in total. The van der Waals surface area contributed by atoms with E-state index in [1.807, 2.05) is 31.2 Å². The van der Waals surface area contributed by atoms with Crippen LogP contribution in [0.25, 0.3) is 11.0 Å². The van der Waals surface area contributed by atoms with Gasteiger partial charge in [-0.15, -0.1) is 0 Å². The van der Waals surface area contributed by atoms with Crippen LogP contribution in [-0.2, 0) is 0 Å². The lowest BCUT2D eigenvalue weighted by molar-refractivity contribution is 0.237. The Kier molecular flexibility index (Phi) is 4.20.